The monoisotopic (exact) mass is 369 g/mol. The molecule has 0 radical (unpaired) electrons. The first-order chi connectivity index (χ1) is 9.17. The van der Waals surface area contributed by atoms with Crippen LogP contribution in [0.4, 0.5) is 5.82 Å². The Labute approximate surface area is 126 Å². The van der Waals surface area contributed by atoms with Crippen molar-refractivity contribution in [1.29, 1.82) is 0 Å². The molecule has 4 nitrogen and oxygen atoms in total. The van der Waals surface area contributed by atoms with Gasteiger partial charge in [0.15, 0.2) is 5.82 Å². The van der Waals surface area contributed by atoms with E-state index < -0.39 is 0 Å². The first-order valence-electron chi connectivity index (χ1n) is 5.97. The van der Waals surface area contributed by atoms with Crippen LogP contribution in [0.25, 0.3) is 0 Å². The molecule has 0 saturated heterocycles. The van der Waals surface area contributed by atoms with E-state index in [1.807, 2.05) is 44.3 Å². The second-order valence-corrected chi connectivity index (χ2v) is 5.18. The number of nitrogens with zero attached hydrogens (tertiary/aromatic N) is 2. The van der Waals surface area contributed by atoms with Gasteiger partial charge in [0, 0.05) is 14.2 Å². The SMILES string of the molecule is CNc1nc(C(OC)c2ccccc2)nc(C)c1I. The molecule has 100 valence electrons. The highest BCUT2D eigenvalue weighted by molar-refractivity contribution is 14.1. The average molecular weight is 369 g/mol. The molecule has 1 aromatic heterocycles. The molecule has 5 heteroatoms. The Hall–Kier alpha value is -1.21. The van der Waals surface area contributed by atoms with Gasteiger partial charge in [-0.3, -0.25) is 0 Å². The van der Waals surface area contributed by atoms with Crippen LogP contribution in [-0.4, -0.2) is 24.1 Å². The summed E-state index contributed by atoms with van der Waals surface area (Å²) in [5, 5.41) is 3.09. The van der Waals surface area contributed by atoms with Gasteiger partial charge in [0.05, 0.1) is 9.26 Å². The molecule has 0 aliphatic heterocycles. The van der Waals surface area contributed by atoms with Gasteiger partial charge in [-0.2, -0.15) is 0 Å². The van der Waals surface area contributed by atoms with Gasteiger partial charge >= 0.3 is 0 Å². The third kappa shape index (κ3) is 3.03. The van der Waals surface area contributed by atoms with Crippen LogP contribution in [0.15, 0.2) is 30.3 Å². The van der Waals surface area contributed by atoms with E-state index in [1.54, 1.807) is 7.11 Å². The molecule has 2 aromatic rings. The summed E-state index contributed by atoms with van der Waals surface area (Å²) < 4.78 is 6.60. The fourth-order valence-electron chi connectivity index (χ4n) is 1.88. The normalized spacial score (nSPS) is 12.2. The van der Waals surface area contributed by atoms with Crippen LogP contribution < -0.4 is 5.32 Å². The summed E-state index contributed by atoms with van der Waals surface area (Å²) in [5.41, 5.74) is 2.00. The van der Waals surface area contributed by atoms with E-state index in [1.165, 1.54) is 0 Å². The second-order valence-electron chi connectivity index (χ2n) is 4.11. The van der Waals surface area contributed by atoms with Gasteiger partial charge in [0.25, 0.3) is 0 Å². The maximum Gasteiger partial charge on any atom is 0.164 e. The summed E-state index contributed by atoms with van der Waals surface area (Å²) >= 11 is 2.24. The summed E-state index contributed by atoms with van der Waals surface area (Å²) in [4.78, 5) is 9.09. The summed E-state index contributed by atoms with van der Waals surface area (Å²) in [6, 6.07) is 9.99. The minimum atomic E-state index is -0.246. The second kappa shape index (κ2) is 6.29. The van der Waals surface area contributed by atoms with E-state index in [0.29, 0.717) is 5.82 Å². The number of ether oxygens (including phenoxy) is 1. The van der Waals surface area contributed by atoms with Crippen molar-refractivity contribution in [2.24, 2.45) is 0 Å². The van der Waals surface area contributed by atoms with E-state index in [-0.39, 0.29) is 6.10 Å². The highest BCUT2D eigenvalue weighted by atomic mass is 127. The zero-order chi connectivity index (χ0) is 13.8. The molecule has 0 aliphatic carbocycles. The Bertz CT molecular complexity index is 560. The predicted molar refractivity (Wildman–Crippen MR) is 84.3 cm³/mol. The molecule has 1 unspecified atom stereocenters. The number of halogens is 1. The van der Waals surface area contributed by atoms with E-state index in [0.717, 1.165) is 20.6 Å². The highest BCUT2D eigenvalue weighted by Crippen LogP contribution is 2.26. The van der Waals surface area contributed by atoms with E-state index in [2.05, 4.69) is 37.9 Å². The Morgan fingerprint density at radius 2 is 1.89 bits per heavy atom. The van der Waals surface area contributed by atoms with Crippen molar-refractivity contribution in [1.82, 2.24) is 9.97 Å². The van der Waals surface area contributed by atoms with Crippen LogP contribution in [-0.2, 0) is 4.74 Å². The molecule has 0 aliphatic rings. The maximum atomic E-state index is 5.56. The third-order valence-corrected chi connectivity index (χ3v) is 4.13. The fraction of sp³-hybridized carbons (Fsp3) is 0.286. The molecule has 1 atom stereocenters. The lowest BCUT2D eigenvalue weighted by molar-refractivity contribution is 0.129. The van der Waals surface area contributed by atoms with Gasteiger partial charge in [-0.1, -0.05) is 30.3 Å². The minimum Gasteiger partial charge on any atom is -0.372 e. The summed E-state index contributed by atoms with van der Waals surface area (Å²) in [6.07, 6.45) is -0.246. The Balaban J connectivity index is 2.47. The van der Waals surface area contributed by atoms with Crippen molar-refractivity contribution in [2.75, 3.05) is 19.5 Å². The highest BCUT2D eigenvalue weighted by Gasteiger charge is 2.19. The first kappa shape index (κ1) is 14.2. The molecule has 1 aromatic carbocycles. The van der Waals surface area contributed by atoms with Crippen molar-refractivity contribution >= 4 is 28.4 Å². The molecule has 0 amide bonds. The molecule has 1 N–H and O–H groups in total. The molecule has 2 rings (SSSR count). The molecule has 0 bridgehead atoms. The van der Waals surface area contributed by atoms with Gasteiger partial charge in [-0.05, 0) is 35.1 Å². The number of hydrogen-bond donors (Lipinski definition) is 1. The molecule has 0 fully saturated rings. The lowest BCUT2D eigenvalue weighted by atomic mass is 10.1. The predicted octanol–water partition coefficient (Wildman–Crippen LogP) is 3.17. The Morgan fingerprint density at radius 1 is 1.21 bits per heavy atom. The molecule has 0 saturated carbocycles. The zero-order valence-corrected chi connectivity index (χ0v) is 13.3. The average Bonchev–Trinajstić information content (AvgIpc) is 2.44. The van der Waals surface area contributed by atoms with E-state index in [4.69, 9.17) is 4.74 Å². The van der Waals surface area contributed by atoms with Crippen LogP contribution in [0.2, 0.25) is 0 Å². The van der Waals surface area contributed by atoms with Crippen LogP contribution in [0, 0.1) is 10.5 Å². The van der Waals surface area contributed by atoms with Crippen molar-refractivity contribution in [3.63, 3.8) is 0 Å². The minimum absolute atomic E-state index is 0.246. The standard InChI is InChI=1S/C14H16IN3O/c1-9-11(15)13(16-2)18-14(17-9)12(19-3)10-7-5-4-6-8-10/h4-8,12H,1-3H3,(H,16,17,18). The Morgan fingerprint density at radius 3 is 2.47 bits per heavy atom. The summed E-state index contributed by atoms with van der Waals surface area (Å²) in [5.74, 6) is 1.51. The fourth-order valence-corrected chi connectivity index (χ4v) is 2.39. The smallest absolute Gasteiger partial charge is 0.164 e. The van der Waals surface area contributed by atoms with Crippen molar-refractivity contribution in [3.8, 4) is 0 Å². The van der Waals surface area contributed by atoms with Crippen molar-refractivity contribution in [3.05, 3.63) is 51.0 Å². The van der Waals surface area contributed by atoms with Gasteiger partial charge < -0.3 is 10.1 Å². The lowest BCUT2D eigenvalue weighted by Gasteiger charge is -2.16. The van der Waals surface area contributed by atoms with Gasteiger partial charge in [-0.25, -0.2) is 9.97 Å². The number of aromatic nitrogens is 2. The number of rotatable bonds is 4. The van der Waals surface area contributed by atoms with Crippen LogP contribution in [0.3, 0.4) is 0 Å². The molecule has 19 heavy (non-hydrogen) atoms. The van der Waals surface area contributed by atoms with Crippen LogP contribution >= 0.6 is 22.6 Å². The van der Waals surface area contributed by atoms with E-state index in [9.17, 15) is 0 Å². The van der Waals surface area contributed by atoms with Gasteiger partial charge in [-0.15, -0.1) is 0 Å². The third-order valence-electron chi connectivity index (χ3n) is 2.84. The summed E-state index contributed by atoms with van der Waals surface area (Å²) in [7, 11) is 3.53. The van der Waals surface area contributed by atoms with Gasteiger partial charge in [0.1, 0.15) is 11.9 Å². The summed E-state index contributed by atoms with van der Waals surface area (Å²) in [6.45, 7) is 1.98. The zero-order valence-electron chi connectivity index (χ0n) is 11.1. The molecular formula is C14H16IN3O. The van der Waals surface area contributed by atoms with E-state index >= 15 is 0 Å². The molecule has 0 spiro atoms. The number of benzene rings is 1. The van der Waals surface area contributed by atoms with Crippen molar-refractivity contribution < 1.29 is 4.74 Å². The topological polar surface area (TPSA) is 47.0 Å². The number of aryl methyl sites for hydroxylation is 1. The quantitative estimate of drug-likeness (QED) is 0.842. The molecule has 1 heterocycles. The first-order valence-corrected chi connectivity index (χ1v) is 7.04. The lowest BCUT2D eigenvalue weighted by Crippen LogP contribution is -2.12. The van der Waals surface area contributed by atoms with Crippen molar-refractivity contribution in [2.45, 2.75) is 13.0 Å². The molecular weight excluding hydrogens is 353 g/mol. The largest absolute Gasteiger partial charge is 0.372 e. The number of anilines is 1. The number of nitrogens with one attached hydrogen (secondary N) is 1. The maximum absolute atomic E-state index is 5.56. The Kier molecular flexibility index (Phi) is 4.71. The van der Waals surface area contributed by atoms with Crippen LogP contribution in [0.5, 0.6) is 0 Å². The number of methoxy groups -OCH3 is 1. The van der Waals surface area contributed by atoms with Gasteiger partial charge in [0.2, 0.25) is 0 Å². The number of hydrogen-bond acceptors (Lipinski definition) is 4. The van der Waals surface area contributed by atoms with Crippen LogP contribution in [0.1, 0.15) is 23.2 Å².